The van der Waals surface area contributed by atoms with Crippen LogP contribution in [0.3, 0.4) is 0 Å². The fourth-order valence-electron chi connectivity index (χ4n) is 1.36. The summed E-state index contributed by atoms with van der Waals surface area (Å²) in [4.78, 5) is 0. The molecule has 1 aromatic carbocycles. The van der Waals surface area contributed by atoms with Gasteiger partial charge in [-0.2, -0.15) is 0 Å². The maximum absolute atomic E-state index is 6.07. The molecule has 0 bridgehead atoms. The van der Waals surface area contributed by atoms with Crippen LogP contribution >= 0.6 is 27.5 Å². The quantitative estimate of drug-likeness (QED) is 0.782. The minimum Gasteiger partial charge on any atom is -0.348 e. The van der Waals surface area contributed by atoms with Gasteiger partial charge >= 0.3 is 0 Å². The molecule has 0 unspecified atom stereocenters. The van der Waals surface area contributed by atoms with Crippen molar-refractivity contribution in [1.29, 1.82) is 0 Å². The second-order valence-corrected chi connectivity index (χ2v) is 4.42. The maximum Gasteiger partial charge on any atom is 0.185 e. The Morgan fingerprint density at radius 1 is 1.29 bits per heavy atom. The Bertz CT molecular complexity index is 324. The molecular weight excluding hydrogens is 267 g/mol. The summed E-state index contributed by atoms with van der Waals surface area (Å²) in [6.45, 7) is 1.47. The van der Waals surface area contributed by atoms with Gasteiger partial charge in [0.25, 0.3) is 0 Å². The molecule has 1 fully saturated rings. The summed E-state index contributed by atoms with van der Waals surface area (Å²) in [5.41, 5.74) is 0.898. The predicted molar refractivity (Wildman–Crippen MR) is 58.4 cm³/mol. The summed E-state index contributed by atoms with van der Waals surface area (Å²) in [6.07, 6.45) is 0.648. The van der Waals surface area contributed by atoms with E-state index < -0.39 is 0 Å². The summed E-state index contributed by atoms with van der Waals surface area (Å²) in [7, 11) is 0. The van der Waals surface area contributed by atoms with Gasteiger partial charge in [0.05, 0.1) is 13.2 Å². The van der Waals surface area contributed by atoms with Crippen molar-refractivity contribution in [1.82, 2.24) is 0 Å². The molecule has 0 radical (unpaired) electrons. The topological polar surface area (TPSA) is 18.5 Å². The fraction of sp³-hybridized carbons (Fsp3) is 0.400. The second-order valence-electron chi connectivity index (χ2n) is 3.09. The summed E-state index contributed by atoms with van der Waals surface area (Å²) in [5, 5.41) is 0.672. The van der Waals surface area contributed by atoms with Gasteiger partial charge in [-0.15, -0.1) is 0 Å². The highest BCUT2D eigenvalue weighted by Gasteiger charge is 2.18. The molecule has 4 heteroatoms. The van der Waals surface area contributed by atoms with E-state index in [4.69, 9.17) is 21.1 Å². The predicted octanol–water partition coefficient (Wildman–Crippen LogP) is 3.54. The molecule has 0 N–H and O–H groups in total. The molecule has 1 aromatic rings. The average Bonchev–Trinajstić information content (AvgIpc) is 2.19. The van der Waals surface area contributed by atoms with E-state index in [1.54, 1.807) is 0 Å². The van der Waals surface area contributed by atoms with Gasteiger partial charge in [-0.05, 0) is 18.6 Å². The Kier molecular flexibility index (Phi) is 3.44. The molecule has 2 nitrogen and oxygen atoms in total. The molecule has 0 atom stereocenters. The van der Waals surface area contributed by atoms with Gasteiger partial charge in [-0.25, -0.2) is 0 Å². The van der Waals surface area contributed by atoms with Crippen LogP contribution in [0.5, 0.6) is 0 Å². The number of hydrogen-bond donors (Lipinski definition) is 0. The average molecular weight is 278 g/mol. The van der Waals surface area contributed by atoms with Crippen LogP contribution in [0.1, 0.15) is 18.3 Å². The number of ether oxygens (including phenoxy) is 2. The van der Waals surface area contributed by atoms with Crippen LogP contribution < -0.4 is 0 Å². The Hall–Kier alpha value is -0.0900. The zero-order valence-electron chi connectivity index (χ0n) is 7.50. The van der Waals surface area contributed by atoms with E-state index in [-0.39, 0.29) is 6.29 Å². The van der Waals surface area contributed by atoms with Crippen LogP contribution in [0.4, 0.5) is 0 Å². The Labute approximate surface area is 96.3 Å². The monoisotopic (exact) mass is 276 g/mol. The van der Waals surface area contributed by atoms with Gasteiger partial charge in [-0.3, -0.25) is 0 Å². The van der Waals surface area contributed by atoms with Gasteiger partial charge in [-0.1, -0.05) is 33.6 Å². The van der Waals surface area contributed by atoms with Gasteiger partial charge in [0.1, 0.15) is 0 Å². The number of rotatable bonds is 1. The van der Waals surface area contributed by atoms with E-state index in [9.17, 15) is 0 Å². The lowest BCUT2D eigenvalue weighted by Crippen LogP contribution is -2.17. The van der Waals surface area contributed by atoms with Crippen molar-refractivity contribution in [3.05, 3.63) is 33.3 Å². The standard InChI is InChI=1S/C10H10BrClO2/c11-7-2-3-8(9(12)6-7)10-13-4-1-5-14-10/h2-3,6,10H,1,4-5H2. The third kappa shape index (κ3) is 2.28. The molecule has 2 rings (SSSR count). The first-order valence-corrected chi connectivity index (χ1v) is 5.62. The van der Waals surface area contributed by atoms with Crippen molar-refractivity contribution in [2.75, 3.05) is 13.2 Å². The van der Waals surface area contributed by atoms with Crippen molar-refractivity contribution in [2.45, 2.75) is 12.7 Å². The van der Waals surface area contributed by atoms with Gasteiger partial charge < -0.3 is 9.47 Å². The van der Waals surface area contributed by atoms with Crippen LogP contribution in [0.15, 0.2) is 22.7 Å². The Balaban J connectivity index is 2.22. The summed E-state index contributed by atoms with van der Waals surface area (Å²) in [5.74, 6) is 0. The van der Waals surface area contributed by atoms with E-state index in [0.29, 0.717) is 5.02 Å². The van der Waals surface area contributed by atoms with Crippen LogP contribution in [-0.4, -0.2) is 13.2 Å². The lowest BCUT2D eigenvalue weighted by Gasteiger charge is -2.24. The van der Waals surface area contributed by atoms with Crippen LogP contribution in [0, 0.1) is 0 Å². The molecule has 14 heavy (non-hydrogen) atoms. The molecule has 0 saturated carbocycles. The molecule has 0 aromatic heterocycles. The third-order valence-electron chi connectivity index (χ3n) is 2.04. The highest BCUT2D eigenvalue weighted by Crippen LogP contribution is 2.30. The minimum absolute atomic E-state index is 0.302. The number of hydrogen-bond acceptors (Lipinski definition) is 2. The van der Waals surface area contributed by atoms with E-state index in [2.05, 4.69) is 15.9 Å². The number of benzene rings is 1. The van der Waals surface area contributed by atoms with Gasteiger partial charge in [0, 0.05) is 15.1 Å². The second kappa shape index (κ2) is 4.62. The zero-order chi connectivity index (χ0) is 9.97. The summed E-state index contributed by atoms with van der Waals surface area (Å²) in [6, 6.07) is 5.70. The fourth-order valence-corrected chi connectivity index (χ4v) is 2.12. The number of halogens is 2. The maximum atomic E-state index is 6.07. The van der Waals surface area contributed by atoms with Crippen LogP contribution in [-0.2, 0) is 9.47 Å². The lowest BCUT2D eigenvalue weighted by molar-refractivity contribution is -0.182. The molecule has 0 amide bonds. The highest BCUT2D eigenvalue weighted by atomic mass is 79.9. The first-order valence-electron chi connectivity index (χ1n) is 4.45. The first-order chi connectivity index (χ1) is 6.77. The molecule has 0 spiro atoms. The molecule has 1 saturated heterocycles. The molecule has 1 heterocycles. The van der Waals surface area contributed by atoms with Crippen LogP contribution in [0.2, 0.25) is 5.02 Å². The first kappa shape index (κ1) is 10.4. The van der Waals surface area contributed by atoms with Crippen molar-refractivity contribution >= 4 is 27.5 Å². The van der Waals surface area contributed by atoms with E-state index in [1.165, 1.54) is 0 Å². The molecule has 1 aliphatic rings. The third-order valence-corrected chi connectivity index (χ3v) is 2.86. The van der Waals surface area contributed by atoms with Gasteiger partial charge in [0.2, 0.25) is 0 Å². The Morgan fingerprint density at radius 3 is 2.64 bits per heavy atom. The van der Waals surface area contributed by atoms with Crippen molar-refractivity contribution in [3.63, 3.8) is 0 Å². The molecular formula is C10H10BrClO2. The van der Waals surface area contributed by atoms with Crippen LogP contribution in [0.25, 0.3) is 0 Å². The van der Waals surface area contributed by atoms with E-state index >= 15 is 0 Å². The zero-order valence-corrected chi connectivity index (χ0v) is 9.85. The largest absolute Gasteiger partial charge is 0.348 e. The highest BCUT2D eigenvalue weighted by molar-refractivity contribution is 9.10. The normalized spacial score (nSPS) is 18.4. The van der Waals surface area contributed by atoms with E-state index in [0.717, 1.165) is 29.7 Å². The van der Waals surface area contributed by atoms with Crippen molar-refractivity contribution in [3.8, 4) is 0 Å². The lowest BCUT2D eigenvalue weighted by atomic mass is 10.2. The minimum atomic E-state index is -0.302. The van der Waals surface area contributed by atoms with E-state index in [1.807, 2.05) is 18.2 Å². The summed E-state index contributed by atoms with van der Waals surface area (Å²) < 4.78 is 11.9. The van der Waals surface area contributed by atoms with Crippen molar-refractivity contribution < 1.29 is 9.47 Å². The Morgan fingerprint density at radius 2 is 2.00 bits per heavy atom. The summed E-state index contributed by atoms with van der Waals surface area (Å²) >= 11 is 9.43. The molecule has 1 aliphatic heterocycles. The molecule has 0 aliphatic carbocycles. The SMILES string of the molecule is Clc1cc(Br)ccc1C1OCCCO1. The smallest absolute Gasteiger partial charge is 0.185 e. The van der Waals surface area contributed by atoms with Gasteiger partial charge in [0.15, 0.2) is 6.29 Å². The molecule has 76 valence electrons. The van der Waals surface area contributed by atoms with Crippen molar-refractivity contribution in [2.24, 2.45) is 0 Å².